The molecule has 0 saturated carbocycles. The van der Waals surface area contributed by atoms with Crippen molar-refractivity contribution in [3.05, 3.63) is 59.1 Å². The third-order valence-electron chi connectivity index (χ3n) is 3.40. The standard InChI is InChI=1S/C17H12ClF3N4OS/c18-13-7-2-1-6-12(13)15-23-16(25-24-15)27-9-14(26)22-11-5-3-4-10(8-11)17(19,20)21/h1-8H,9H2,(H,22,26)(H,23,24,25). The van der Waals surface area contributed by atoms with Crippen molar-refractivity contribution in [1.29, 1.82) is 0 Å². The lowest BCUT2D eigenvalue weighted by molar-refractivity contribution is -0.137. The number of aromatic amines is 1. The number of H-pyrrole nitrogens is 1. The summed E-state index contributed by atoms with van der Waals surface area (Å²) in [5, 5.41) is 9.99. The second-order valence-electron chi connectivity index (χ2n) is 5.36. The van der Waals surface area contributed by atoms with E-state index in [1.165, 1.54) is 12.1 Å². The molecule has 27 heavy (non-hydrogen) atoms. The molecule has 3 aromatic rings. The molecule has 2 N–H and O–H groups in total. The van der Waals surface area contributed by atoms with Crippen molar-refractivity contribution in [2.75, 3.05) is 11.1 Å². The highest BCUT2D eigenvalue weighted by molar-refractivity contribution is 7.99. The van der Waals surface area contributed by atoms with E-state index in [0.29, 0.717) is 21.6 Å². The zero-order chi connectivity index (χ0) is 19.4. The van der Waals surface area contributed by atoms with E-state index in [-0.39, 0.29) is 11.4 Å². The van der Waals surface area contributed by atoms with Crippen LogP contribution in [0, 0.1) is 0 Å². The Hall–Kier alpha value is -2.52. The number of anilines is 1. The van der Waals surface area contributed by atoms with Crippen LogP contribution in [0.25, 0.3) is 11.4 Å². The number of thioether (sulfide) groups is 1. The van der Waals surface area contributed by atoms with Gasteiger partial charge in [-0.3, -0.25) is 9.89 Å². The van der Waals surface area contributed by atoms with Crippen LogP contribution in [0.15, 0.2) is 53.7 Å². The summed E-state index contributed by atoms with van der Waals surface area (Å²) in [5.74, 6) is -0.0689. The Morgan fingerprint density at radius 3 is 2.70 bits per heavy atom. The molecule has 140 valence electrons. The van der Waals surface area contributed by atoms with E-state index in [1.54, 1.807) is 24.3 Å². The first-order valence-corrected chi connectivity index (χ1v) is 8.96. The first-order chi connectivity index (χ1) is 12.8. The van der Waals surface area contributed by atoms with Crippen molar-refractivity contribution >= 4 is 35.0 Å². The predicted molar refractivity (Wildman–Crippen MR) is 97.6 cm³/mol. The van der Waals surface area contributed by atoms with Gasteiger partial charge in [-0.25, -0.2) is 4.98 Å². The third-order valence-corrected chi connectivity index (χ3v) is 4.58. The summed E-state index contributed by atoms with van der Waals surface area (Å²) >= 11 is 7.14. The van der Waals surface area contributed by atoms with Crippen LogP contribution in [0.5, 0.6) is 0 Å². The lowest BCUT2D eigenvalue weighted by Gasteiger charge is -2.09. The van der Waals surface area contributed by atoms with Gasteiger partial charge in [-0.1, -0.05) is 41.6 Å². The van der Waals surface area contributed by atoms with Gasteiger partial charge < -0.3 is 5.32 Å². The molecule has 0 aliphatic heterocycles. The second-order valence-corrected chi connectivity index (χ2v) is 6.71. The second kappa shape index (κ2) is 8.01. The van der Waals surface area contributed by atoms with Gasteiger partial charge in [0, 0.05) is 11.3 Å². The fourth-order valence-corrected chi connectivity index (χ4v) is 3.01. The van der Waals surface area contributed by atoms with E-state index >= 15 is 0 Å². The minimum atomic E-state index is -4.47. The highest BCUT2D eigenvalue weighted by Gasteiger charge is 2.30. The number of nitrogens with one attached hydrogen (secondary N) is 2. The van der Waals surface area contributed by atoms with Gasteiger partial charge in [0.05, 0.1) is 16.3 Å². The largest absolute Gasteiger partial charge is 0.416 e. The molecule has 0 unspecified atom stereocenters. The van der Waals surface area contributed by atoms with Gasteiger partial charge in [-0.2, -0.15) is 13.2 Å². The van der Waals surface area contributed by atoms with E-state index in [9.17, 15) is 18.0 Å². The molecule has 5 nitrogen and oxygen atoms in total. The van der Waals surface area contributed by atoms with E-state index in [0.717, 1.165) is 23.9 Å². The molecule has 3 rings (SSSR count). The van der Waals surface area contributed by atoms with Gasteiger partial charge in [-0.15, -0.1) is 5.10 Å². The van der Waals surface area contributed by atoms with Crippen LogP contribution < -0.4 is 5.32 Å². The van der Waals surface area contributed by atoms with Crippen LogP contribution >= 0.6 is 23.4 Å². The quantitative estimate of drug-likeness (QED) is 0.586. The summed E-state index contributed by atoms with van der Waals surface area (Å²) < 4.78 is 38.1. The summed E-state index contributed by atoms with van der Waals surface area (Å²) in [6, 6.07) is 11.5. The number of carbonyl (C=O) groups excluding carboxylic acids is 1. The van der Waals surface area contributed by atoms with E-state index in [1.807, 2.05) is 0 Å². The van der Waals surface area contributed by atoms with Gasteiger partial charge in [-0.05, 0) is 30.3 Å². The van der Waals surface area contributed by atoms with Crippen LogP contribution in [-0.2, 0) is 11.0 Å². The number of hydrogen-bond donors (Lipinski definition) is 2. The normalized spacial score (nSPS) is 11.4. The molecule has 0 fully saturated rings. The SMILES string of the molecule is O=C(CSc1n[nH]c(-c2ccccc2Cl)n1)Nc1cccc(C(F)(F)F)c1. The van der Waals surface area contributed by atoms with Crippen molar-refractivity contribution < 1.29 is 18.0 Å². The average Bonchev–Trinajstić information content (AvgIpc) is 3.09. The summed E-state index contributed by atoms with van der Waals surface area (Å²) in [7, 11) is 0. The Kier molecular flexibility index (Phi) is 5.71. The summed E-state index contributed by atoms with van der Waals surface area (Å²) in [4.78, 5) is 16.2. The number of nitrogens with zero attached hydrogens (tertiary/aromatic N) is 2. The molecule has 0 radical (unpaired) electrons. The fraction of sp³-hybridized carbons (Fsp3) is 0.118. The molecule has 0 spiro atoms. The Balaban J connectivity index is 1.60. The Labute approximate surface area is 161 Å². The molecule has 1 heterocycles. The maximum Gasteiger partial charge on any atom is 0.416 e. The molecular formula is C17H12ClF3N4OS. The van der Waals surface area contributed by atoms with Gasteiger partial charge in [0.1, 0.15) is 0 Å². The number of aromatic nitrogens is 3. The van der Waals surface area contributed by atoms with Crippen molar-refractivity contribution in [1.82, 2.24) is 15.2 Å². The van der Waals surface area contributed by atoms with Gasteiger partial charge in [0.25, 0.3) is 0 Å². The maximum atomic E-state index is 12.7. The predicted octanol–water partition coefficient (Wildman–Crippen LogP) is 4.87. The summed E-state index contributed by atoms with van der Waals surface area (Å²) in [5.41, 5.74) is -0.0830. The van der Waals surface area contributed by atoms with Crippen LogP contribution in [0.4, 0.5) is 18.9 Å². The topological polar surface area (TPSA) is 70.7 Å². The average molecular weight is 413 g/mol. The molecule has 2 aromatic carbocycles. The molecular weight excluding hydrogens is 401 g/mol. The minimum absolute atomic E-state index is 0.0595. The zero-order valence-electron chi connectivity index (χ0n) is 13.5. The van der Waals surface area contributed by atoms with E-state index in [2.05, 4.69) is 20.5 Å². The van der Waals surface area contributed by atoms with E-state index in [4.69, 9.17) is 11.6 Å². The number of hydrogen-bond acceptors (Lipinski definition) is 4. The van der Waals surface area contributed by atoms with Gasteiger partial charge in [0.15, 0.2) is 5.82 Å². The van der Waals surface area contributed by atoms with Crippen molar-refractivity contribution in [3.8, 4) is 11.4 Å². The highest BCUT2D eigenvalue weighted by Crippen LogP contribution is 2.31. The van der Waals surface area contributed by atoms with Crippen molar-refractivity contribution in [3.63, 3.8) is 0 Å². The molecule has 0 bridgehead atoms. The molecule has 0 atom stereocenters. The Morgan fingerprint density at radius 2 is 1.96 bits per heavy atom. The van der Waals surface area contributed by atoms with Crippen LogP contribution in [0.1, 0.15) is 5.56 Å². The number of alkyl halides is 3. The number of halogens is 4. The monoisotopic (exact) mass is 412 g/mol. The smallest absolute Gasteiger partial charge is 0.325 e. The molecule has 10 heteroatoms. The summed E-state index contributed by atoms with van der Waals surface area (Å²) in [6.07, 6.45) is -4.47. The maximum absolute atomic E-state index is 12.7. The lowest BCUT2D eigenvalue weighted by atomic mass is 10.2. The first-order valence-electron chi connectivity index (χ1n) is 7.60. The number of benzene rings is 2. The van der Waals surface area contributed by atoms with Crippen molar-refractivity contribution in [2.24, 2.45) is 0 Å². The first kappa shape index (κ1) is 19.2. The summed E-state index contributed by atoms with van der Waals surface area (Å²) in [6.45, 7) is 0. The Bertz CT molecular complexity index is 961. The molecule has 0 saturated heterocycles. The Morgan fingerprint density at radius 1 is 1.19 bits per heavy atom. The van der Waals surface area contributed by atoms with Crippen LogP contribution in [0.3, 0.4) is 0 Å². The van der Waals surface area contributed by atoms with Crippen LogP contribution in [-0.4, -0.2) is 26.8 Å². The highest BCUT2D eigenvalue weighted by atomic mass is 35.5. The molecule has 0 aliphatic rings. The third kappa shape index (κ3) is 5.01. The molecule has 0 aliphatic carbocycles. The van der Waals surface area contributed by atoms with Gasteiger partial charge >= 0.3 is 6.18 Å². The minimum Gasteiger partial charge on any atom is -0.325 e. The van der Waals surface area contributed by atoms with Gasteiger partial charge in [0.2, 0.25) is 11.1 Å². The molecule has 1 amide bonds. The lowest BCUT2D eigenvalue weighted by Crippen LogP contribution is -2.15. The van der Waals surface area contributed by atoms with Crippen LogP contribution in [0.2, 0.25) is 5.02 Å². The number of amides is 1. The fourth-order valence-electron chi connectivity index (χ4n) is 2.19. The zero-order valence-corrected chi connectivity index (χ0v) is 15.1. The molecule has 1 aromatic heterocycles. The van der Waals surface area contributed by atoms with Crippen molar-refractivity contribution in [2.45, 2.75) is 11.3 Å². The number of carbonyl (C=O) groups is 1. The van der Waals surface area contributed by atoms with E-state index < -0.39 is 17.6 Å². The number of rotatable bonds is 5.